The number of nitrogens with one attached hydrogen (secondary N) is 1. The number of nitrogens with zero attached hydrogens (tertiary/aromatic N) is 2. The zero-order valence-corrected chi connectivity index (χ0v) is 9.32. The highest BCUT2D eigenvalue weighted by Gasteiger charge is 2.10. The molecule has 0 saturated heterocycles. The van der Waals surface area contributed by atoms with Gasteiger partial charge in [-0.05, 0) is 18.6 Å². The first-order valence-electron chi connectivity index (χ1n) is 4.89. The molecule has 6 heteroatoms. The van der Waals surface area contributed by atoms with E-state index in [-0.39, 0.29) is 17.7 Å². The fraction of sp³-hybridized carbons (Fsp3) is 0.182. The minimum Gasteiger partial charge on any atom is -0.467 e. The molecule has 0 radical (unpaired) electrons. The maximum absolute atomic E-state index is 13.4. The molecule has 1 aromatic carbocycles. The number of H-pyrrole nitrogens is 1. The van der Waals surface area contributed by atoms with Crippen molar-refractivity contribution in [3.63, 3.8) is 0 Å². The van der Waals surface area contributed by atoms with Crippen molar-refractivity contribution >= 4 is 0 Å². The summed E-state index contributed by atoms with van der Waals surface area (Å²) in [5.74, 6) is -0.125. The van der Waals surface area contributed by atoms with Crippen LogP contribution in [0.5, 0.6) is 6.01 Å². The summed E-state index contributed by atoms with van der Waals surface area (Å²) in [5, 5.41) is 0. The molecule has 5 nitrogen and oxygen atoms in total. The van der Waals surface area contributed by atoms with Crippen LogP contribution in [-0.4, -0.2) is 22.1 Å². The number of hydrogen-bond acceptors (Lipinski definition) is 4. The molecule has 88 valence electrons. The molecular formula is C11H10FN3O2. The van der Waals surface area contributed by atoms with Gasteiger partial charge in [0.15, 0.2) is 0 Å². The van der Waals surface area contributed by atoms with E-state index >= 15 is 0 Å². The van der Waals surface area contributed by atoms with Crippen LogP contribution in [0.25, 0.3) is 11.4 Å². The number of ether oxygens (including phenoxy) is 1. The first-order valence-corrected chi connectivity index (χ1v) is 4.89. The zero-order chi connectivity index (χ0) is 12.4. The van der Waals surface area contributed by atoms with Crippen molar-refractivity contribution in [3.05, 3.63) is 40.1 Å². The Kier molecular flexibility index (Phi) is 2.86. The maximum atomic E-state index is 13.4. The van der Waals surface area contributed by atoms with Crippen molar-refractivity contribution in [3.8, 4) is 17.4 Å². The lowest BCUT2D eigenvalue weighted by Crippen LogP contribution is -2.14. The summed E-state index contributed by atoms with van der Waals surface area (Å²) in [7, 11) is 1.36. The summed E-state index contributed by atoms with van der Waals surface area (Å²) >= 11 is 0. The lowest BCUT2D eigenvalue weighted by Gasteiger charge is -2.06. The smallest absolute Gasteiger partial charge is 0.351 e. The molecule has 0 saturated carbocycles. The minimum atomic E-state index is -0.587. The fourth-order valence-electron chi connectivity index (χ4n) is 1.45. The molecule has 0 fully saturated rings. The van der Waals surface area contributed by atoms with Gasteiger partial charge in [-0.1, -0.05) is 12.1 Å². The van der Waals surface area contributed by atoms with Crippen LogP contribution in [0.3, 0.4) is 0 Å². The topological polar surface area (TPSA) is 67.9 Å². The number of aromatic amines is 1. The first-order chi connectivity index (χ1) is 8.11. The van der Waals surface area contributed by atoms with Gasteiger partial charge >= 0.3 is 11.7 Å². The van der Waals surface area contributed by atoms with E-state index in [0.717, 1.165) is 0 Å². The molecule has 17 heavy (non-hydrogen) atoms. The molecule has 0 atom stereocenters. The molecule has 0 unspecified atom stereocenters. The molecule has 1 heterocycles. The largest absolute Gasteiger partial charge is 0.467 e. The van der Waals surface area contributed by atoms with Crippen molar-refractivity contribution in [2.45, 2.75) is 6.92 Å². The minimum absolute atomic E-state index is 0.0487. The quantitative estimate of drug-likeness (QED) is 0.851. The van der Waals surface area contributed by atoms with E-state index in [9.17, 15) is 9.18 Å². The first kappa shape index (κ1) is 11.3. The molecule has 0 aliphatic heterocycles. The van der Waals surface area contributed by atoms with E-state index in [1.54, 1.807) is 19.1 Å². The number of methoxy groups -OCH3 is 1. The van der Waals surface area contributed by atoms with E-state index < -0.39 is 5.69 Å². The van der Waals surface area contributed by atoms with E-state index in [2.05, 4.69) is 15.0 Å². The van der Waals surface area contributed by atoms with Gasteiger partial charge in [-0.15, -0.1) is 4.98 Å². The van der Waals surface area contributed by atoms with Gasteiger partial charge in [0.1, 0.15) is 11.6 Å². The van der Waals surface area contributed by atoms with Crippen molar-refractivity contribution in [1.29, 1.82) is 0 Å². The second-order valence-corrected chi connectivity index (χ2v) is 3.40. The van der Waals surface area contributed by atoms with Gasteiger partial charge in [-0.3, -0.25) is 4.98 Å². The van der Waals surface area contributed by atoms with Crippen molar-refractivity contribution in [2.24, 2.45) is 0 Å². The predicted octanol–water partition coefficient (Wildman–Crippen LogP) is 1.29. The lowest BCUT2D eigenvalue weighted by atomic mass is 10.1. The van der Waals surface area contributed by atoms with E-state index in [4.69, 9.17) is 4.74 Å². The van der Waals surface area contributed by atoms with Crippen molar-refractivity contribution in [2.75, 3.05) is 7.11 Å². The molecule has 0 amide bonds. The van der Waals surface area contributed by atoms with Crippen LogP contribution in [0.4, 0.5) is 4.39 Å². The highest BCUT2D eigenvalue weighted by atomic mass is 19.1. The van der Waals surface area contributed by atoms with Crippen molar-refractivity contribution < 1.29 is 9.13 Å². The molecule has 2 aromatic rings. The number of rotatable bonds is 2. The van der Waals surface area contributed by atoms with E-state index in [0.29, 0.717) is 11.1 Å². The number of halogens is 1. The van der Waals surface area contributed by atoms with Gasteiger partial charge in [0.2, 0.25) is 0 Å². The van der Waals surface area contributed by atoms with Gasteiger partial charge in [0.25, 0.3) is 0 Å². The Morgan fingerprint density at radius 3 is 2.82 bits per heavy atom. The van der Waals surface area contributed by atoms with Gasteiger partial charge < -0.3 is 4.74 Å². The summed E-state index contributed by atoms with van der Waals surface area (Å²) < 4.78 is 18.2. The maximum Gasteiger partial charge on any atom is 0.351 e. The summed E-state index contributed by atoms with van der Waals surface area (Å²) in [6.45, 7) is 1.61. The van der Waals surface area contributed by atoms with Crippen LogP contribution in [0.1, 0.15) is 5.56 Å². The van der Waals surface area contributed by atoms with E-state index in [1.165, 1.54) is 13.2 Å². The van der Waals surface area contributed by atoms with Crippen LogP contribution in [-0.2, 0) is 0 Å². The van der Waals surface area contributed by atoms with Crippen LogP contribution in [0.15, 0.2) is 23.0 Å². The lowest BCUT2D eigenvalue weighted by molar-refractivity contribution is 0.377. The molecule has 1 N–H and O–H groups in total. The second kappa shape index (κ2) is 4.32. The average molecular weight is 235 g/mol. The Morgan fingerprint density at radius 1 is 1.35 bits per heavy atom. The zero-order valence-electron chi connectivity index (χ0n) is 9.32. The van der Waals surface area contributed by atoms with Crippen LogP contribution < -0.4 is 10.4 Å². The summed E-state index contributed by atoms with van der Waals surface area (Å²) in [6, 6.07) is 4.50. The van der Waals surface area contributed by atoms with Gasteiger partial charge in [-0.2, -0.15) is 4.98 Å². The fourth-order valence-corrected chi connectivity index (χ4v) is 1.45. The molecule has 0 bridgehead atoms. The van der Waals surface area contributed by atoms with Crippen LogP contribution in [0.2, 0.25) is 0 Å². The standard InChI is InChI=1S/C11H10FN3O2/c1-6-7(4-3-5-8(6)12)9-13-10(16)15-11(14-9)17-2/h3-5H,1-2H3,(H,13,14,15,16). The van der Waals surface area contributed by atoms with Crippen LogP contribution in [0, 0.1) is 12.7 Å². The SMILES string of the molecule is COc1nc(-c2cccc(F)c2C)[nH]c(=O)n1. The molecule has 2 rings (SSSR count). The monoisotopic (exact) mass is 235 g/mol. The number of benzene rings is 1. The van der Waals surface area contributed by atoms with Gasteiger partial charge in [0.05, 0.1) is 7.11 Å². The third-order valence-electron chi connectivity index (χ3n) is 2.34. The summed E-state index contributed by atoms with van der Waals surface area (Å²) in [4.78, 5) is 21.2. The number of hydrogen-bond donors (Lipinski definition) is 1. The Labute approximate surface area is 96.3 Å². The second-order valence-electron chi connectivity index (χ2n) is 3.40. The predicted molar refractivity (Wildman–Crippen MR) is 59.3 cm³/mol. The van der Waals surface area contributed by atoms with Gasteiger partial charge in [0, 0.05) is 5.56 Å². The summed E-state index contributed by atoms with van der Waals surface area (Å²) in [5.41, 5.74) is 0.321. The Morgan fingerprint density at radius 2 is 2.12 bits per heavy atom. The molecule has 0 aliphatic carbocycles. The Bertz CT molecular complexity index is 610. The molecular weight excluding hydrogens is 225 g/mol. The highest BCUT2D eigenvalue weighted by molar-refractivity contribution is 5.59. The third kappa shape index (κ3) is 2.15. The normalized spacial score (nSPS) is 10.3. The van der Waals surface area contributed by atoms with Crippen LogP contribution >= 0.6 is 0 Å². The molecule has 0 aliphatic rings. The van der Waals surface area contributed by atoms with Crippen molar-refractivity contribution in [1.82, 2.24) is 15.0 Å². The van der Waals surface area contributed by atoms with Gasteiger partial charge in [-0.25, -0.2) is 9.18 Å². The third-order valence-corrected chi connectivity index (χ3v) is 2.34. The summed E-state index contributed by atoms with van der Waals surface area (Å²) in [6.07, 6.45) is 0. The number of aromatic nitrogens is 3. The Hall–Kier alpha value is -2.24. The highest BCUT2D eigenvalue weighted by Crippen LogP contribution is 2.21. The van der Waals surface area contributed by atoms with E-state index in [1.807, 2.05) is 0 Å². The Balaban J connectivity index is 2.64. The molecule has 1 aromatic heterocycles. The molecule has 0 spiro atoms. The average Bonchev–Trinajstić information content (AvgIpc) is 2.31.